The van der Waals surface area contributed by atoms with E-state index in [-0.39, 0.29) is 11.0 Å². The van der Waals surface area contributed by atoms with E-state index in [9.17, 15) is 13.2 Å². The largest absolute Gasteiger partial charge is 0.473 e. The molecule has 0 aromatic heterocycles. The minimum atomic E-state index is -4.32. The van der Waals surface area contributed by atoms with Crippen molar-refractivity contribution in [2.24, 2.45) is 0 Å². The zero-order valence-electron chi connectivity index (χ0n) is 18.3. The SMILES string of the molecule is CC1(C)CC(CCN2CCOCC2)(c2cccc(C(F)(F)F)c2)CCO1.O=C(O)C(=O)O. The summed E-state index contributed by atoms with van der Waals surface area (Å²) in [7, 11) is 0. The van der Waals surface area contributed by atoms with Crippen molar-refractivity contribution in [2.45, 2.75) is 50.3 Å². The molecule has 0 aliphatic carbocycles. The predicted octanol–water partition coefficient (Wildman–Crippen LogP) is 3.41. The van der Waals surface area contributed by atoms with Crippen molar-refractivity contribution < 1.29 is 42.4 Å². The van der Waals surface area contributed by atoms with Gasteiger partial charge < -0.3 is 19.7 Å². The summed E-state index contributed by atoms with van der Waals surface area (Å²) in [6.45, 7) is 8.74. The molecule has 0 bridgehead atoms. The van der Waals surface area contributed by atoms with Gasteiger partial charge in [-0.1, -0.05) is 18.2 Å². The van der Waals surface area contributed by atoms with Gasteiger partial charge in [0, 0.05) is 25.1 Å². The highest BCUT2D eigenvalue weighted by Gasteiger charge is 2.43. The second kappa shape index (κ2) is 10.6. The van der Waals surface area contributed by atoms with Gasteiger partial charge in [-0.2, -0.15) is 13.2 Å². The Hall–Kier alpha value is -2.17. The van der Waals surface area contributed by atoms with Crippen LogP contribution in [-0.4, -0.2) is 72.1 Å². The van der Waals surface area contributed by atoms with E-state index in [2.05, 4.69) is 4.90 Å². The number of aliphatic carboxylic acids is 2. The summed E-state index contributed by atoms with van der Waals surface area (Å²) < 4.78 is 51.0. The summed E-state index contributed by atoms with van der Waals surface area (Å²) >= 11 is 0. The lowest BCUT2D eigenvalue weighted by Gasteiger charge is -2.46. The quantitative estimate of drug-likeness (QED) is 0.664. The molecule has 2 aliphatic heterocycles. The van der Waals surface area contributed by atoms with Crippen LogP contribution in [0.3, 0.4) is 0 Å². The maximum Gasteiger partial charge on any atom is 0.416 e. The molecule has 32 heavy (non-hydrogen) atoms. The zero-order chi connectivity index (χ0) is 24.0. The van der Waals surface area contributed by atoms with Crippen molar-refractivity contribution >= 4 is 11.9 Å². The van der Waals surface area contributed by atoms with Crippen molar-refractivity contribution in [3.8, 4) is 0 Å². The molecule has 10 heteroatoms. The number of rotatable bonds is 4. The van der Waals surface area contributed by atoms with Crippen LogP contribution in [0.25, 0.3) is 0 Å². The molecule has 7 nitrogen and oxygen atoms in total. The van der Waals surface area contributed by atoms with Crippen molar-refractivity contribution in [1.29, 1.82) is 0 Å². The van der Waals surface area contributed by atoms with Crippen molar-refractivity contribution in [1.82, 2.24) is 4.90 Å². The topological polar surface area (TPSA) is 96.3 Å². The number of benzene rings is 1. The number of alkyl halides is 3. The number of carbonyl (C=O) groups is 2. The Kier molecular flexibility index (Phi) is 8.67. The minimum Gasteiger partial charge on any atom is -0.473 e. The summed E-state index contributed by atoms with van der Waals surface area (Å²) in [6, 6.07) is 5.90. The summed E-state index contributed by atoms with van der Waals surface area (Å²) in [5.74, 6) is -3.65. The van der Waals surface area contributed by atoms with Gasteiger partial charge in [0.15, 0.2) is 0 Å². The number of hydrogen-bond acceptors (Lipinski definition) is 5. The number of carboxylic acid groups (broad SMARTS) is 2. The Labute approximate surface area is 185 Å². The number of carboxylic acids is 2. The van der Waals surface area contributed by atoms with Crippen LogP contribution < -0.4 is 0 Å². The summed E-state index contributed by atoms with van der Waals surface area (Å²) in [5, 5.41) is 14.8. The molecule has 2 fully saturated rings. The number of halogens is 3. The van der Waals surface area contributed by atoms with Crippen LogP contribution in [0.4, 0.5) is 13.2 Å². The van der Waals surface area contributed by atoms with Gasteiger partial charge in [0.05, 0.1) is 24.4 Å². The molecular formula is C22H30F3NO6. The van der Waals surface area contributed by atoms with Gasteiger partial charge >= 0.3 is 18.1 Å². The lowest BCUT2D eigenvalue weighted by Crippen LogP contribution is -2.47. The Balaban J connectivity index is 0.000000534. The highest BCUT2D eigenvalue weighted by Crippen LogP contribution is 2.45. The second-order valence-corrected chi connectivity index (χ2v) is 8.71. The first kappa shape index (κ1) is 26.1. The van der Waals surface area contributed by atoms with E-state index >= 15 is 0 Å². The van der Waals surface area contributed by atoms with Crippen LogP contribution in [0.15, 0.2) is 24.3 Å². The summed E-state index contributed by atoms with van der Waals surface area (Å²) in [5.41, 5.74) is -0.402. The Bertz CT molecular complexity index is 780. The number of morpholine rings is 1. The molecule has 1 aromatic carbocycles. The van der Waals surface area contributed by atoms with E-state index in [0.29, 0.717) is 6.61 Å². The van der Waals surface area contributed by atoms with Crippen LogP contribution in [0.5, 0.6) is 0 Å². The average molecular weight is 461 g/mol. The van der Waals surface area contributed by atoms with Crippen LogP contribution in [-0.2, 0) is 30.7 Å². The lowest BCUT2D eigenvalue weighted by molar-refractivity contribution is -0.159. The van der Waals surface area contributed by atoms with Crippen molar-refractivity contribution in [3.63, 3.8) is 0 Å². The third kappa shape index (κ3) is 7.46. The first-order chi connectivity index (χ1) is 14.8. The van der Waals surface area contributed by atoms with Crippen LogP contribution in [0.1, 0.15) is 44.2 Å². The third-order valence-corrected chi connectivity index (χ3v) is 5.83. The maximum atomic E-state index is 13.2. The molecule has 0 spiro atoms. The van der Waals surface area contributed by atoms with Gasteiger partial charge in [-0.25, -0.2) is 9.59 Å². The van der Waals surface area contributed by atoms with Gasteiger partial charge in [-0.3, -0.25) is 4.90 Å². The molecule has 2 heterocycles. The monoisotopic (exact) mass is 461 g/mol. The Morgan fingerprint density at radius 1 is 1.09 bits per heavy atom. The van der Waals surface area contributed by atoms with E-state index in [1.54, 1.807) is 0 Å². The molecule has 0 radical (unpaired) electrons. The number of ether oxygens (including phenoxy) is 2. The molecule has 2 N–H and O–H groups in total. The second-order valence-electron chi connectivity index (χ2n) is 8.71. The van der Waals surface area contributed by atoms with E-state index in [0.717, 1.165) is 63.7 Å². The van der Waals surface area contributed by atoms with Crippen LogP contribution >= 0.6 is 0 Å². The molecule has 1 atom stereocenters. The fourth-order valence-electron chi connectivity index (χ4n) is 4.30. The highest BCUT2D eigenvalue weighted by molar-refractivity contribution is 6.27. The predicted molar refractivity (Wildman–Crippen MR) is 110 cm³/mol. The molecule has 1 aromatic rings. The van der Waals surface area contributed by atoms with Crippen LogP contribution in [0.2, 0.25) is 0 Å². The maximum absolute atomic E-state index is 13.2. The first-order valence-electron chi connectivity index (χ1n) is 10.4. The highest BCUT2D eigenvalue weighted by atomic mass is 19.4. The van der Waals surface area contributed by atoms with Gasteiger partial charge in [-0.05, 0) is 51.3 Å². The van der Waals surface area contributed by atoms with Gasteiger partial charge in [0.1, 0.15) is 0 Å². The average Bonchev–Trinajstić information content (AvgIpc) is 2.72. The smallest absolute Gasteiger partial charge is 0.416 e. The van der Waals surface area contributed by atoms with E-state index in [4.69, 9.17) is 29.3 Å². The fraction of sp³-hybridized carbons (Fsp3) is 0.636. The lowest BCUT2D eigenvalue weighted by atomic mass is 9.67. The molecule has 0 amide bonds. The third-order valence-electron chi connectivity index (χ3n) is 5.83. The van der Waals surface area contributed by atoms with Gasteiger partial charge in [0.25, 0.3) is 0 Å². The zero-order valence-corrected chi connectivity index (χ0v) is 18.3. The van der Waals surface area contributed by atoms with Gasteiger partial charge in [-0.15, -0.1) is 0 Å². The molecule has 2 saturated heterocycles. The van der Waals surface area contributed by atoms with E-state index < -0.39 is 23.7 Å². The van der Waals surface area contributed by atoms with E-state index in [1.807, 2.05) is 19.9 Å². The van der Waals surface area contributed by atoms with Crippen molar-refractivity contribution in [2.75, 3.05) is 39.5 Å². The summed E-state index contributed by atoms with van der Waals surface area (Å²) in [6.07, 6.45) is -2.00. The minimum absolute atomic E-state index is 0.290. The molecular weight excluding hydrogens is 431 g/mol. The van der Waals surface area contributed by atoms with Gasteiger partial charge in [0.2, 0.25) is 0 Å². The van der Waals surface area contributed by atoms with Crippen molar-refractivity contribution in [3.05, 3.63) is 35.4 Å². The fourth-order valence-corrected chi connectivity index (χ4v) is 4.30. The Morgan fingerprint density at radius 3 is 2.25 bits per heavy atom. The normalized spacial score (nSPS) is 23.7. The molecule has 1 unspecified atom stereocenters. The van der Waals surface area contributed by atoms with E-state index in [1.165, 1.54) is 12.1 Å². The Morgan fingerprint density at radius 2 is 1.72 bits per heavy atom. The molecule has 2 aliphatic rings. The number of hydrogen-bond donors (Lipinski definition) is 2. The first-order valence-corrected chi connectivity index (χ1v) is 10.4. The van der Waals surface area contributed by atoms with Crippen LogP contribution in [0, 0.1) is 0 Å². The standard InChI is InChI=1S/C20H28F3NO2.C2H2O4/c1-18(2)15-19(7-11-26-18,6-8-24-9-12-25-13-10-24)16-4-3-5-17(14-16)20(21,22)23;3-1(4)2(5)6/h3-5,14H,6-13,15H2,1-2H3;(H,3,4)(H,5,6). The molecule has 0 saturated carbocycles. The number of nitrogens with zero attached hydrogens (tertiary/aromatic N) is 1. The molecule has 3 rings (SSSR count). The molecule has 180 valence electrons. The summed E-state index contributed by atoms with van der Waals surface area (Å²) in [4.78, 5) is 20.5.